The maximum atomic E-state index is 11.9. The quantitative estimate of drug-likeness (QED) is 0.316. The summed E-state index contributed by atoms with van der Waals surface area (Å²) in [7, 11) is 0. The molecule has 1 aliphatic heterocycles. The third kappa shape index (κ3) is 3.52. The van der Waals surface area contributed by atoms with E-state index in [0.29, 0.717) is 36.4 Å². The highest BCUT2D eigenvalue weighted by Gasteiger charge is 2.27. The second-order valence-electron chi connectivity index (χ2n) is 7.33. The zero-order valence-corrected chi connectivity index (χ0v) is 19.5. The molecule has 0 fully saturated rings. The highest BCUT2D eigenvalue weighted by molar-refractivity contribution is 9.10. The Balaban J connectivity index is 1.77. The third-order valence-electron chi connectivity index (χ3n) is 5.51. The molecule has 33 heavy (non-hydrogen) atoms. The molecule has 2 aromatic heterocycles. The van der Waals surface area contributed by atoms with E-state index in [-0.39, 0.29) is 0 Å². The fourth-order valence-corrected chi connectivity index (χ4v) is 4.84. The van der Waals surface area contributed by atoms with E-state index in [4.69, 9.17) is 9.15 Å². The molecule has 0 spiro atoms. The molecule has 10 heteroatoms. The van der Waals surface area contributed by atoms with Crippen LogP contribution in [0.25, 0.3) is 33.6 Å². The van der Waals surface area contributed by atoms with Crippen LogP contribution in [0.3, 0.4) is 0 Å². The highest BCUT2D eigenvalue weighted by Crippen LogP contribution is 2.48. The molecule has 0 unspecified atom stereocenters. The lowest BCUT2D eigenvalue weighted by Crippen LogP contribution is -2.09. The van der Waals surface area contributed by atoms with E-state index < -0.39 is 0 Å². The molecule has 9 nitrogen and oxygen atoms in total. The number of H-pyrrole nitrogens is 1. The van der Waals surface area contributed by atoms with Crippen molar-refractivity contribution >= 4 is 22.2 Å². The van der Waals surface area contributed by atoms with Crippen LogP contribution in [0.1, 0.15) is 28.7 Å². The van der Waals surface area contributed by atoms with Gasteiger partial charge in [-0.2, -0.15) is 10.2 Å². The van der Waals surface area contributed by atoms with Crippen LogP contribution in [0.5, 0.6) is 6.01 Å². The minimum absolute atomic E-state index is 0.367. The van der Waals surface area contributed by atoms with E-state index in [1.54, 1.807) is 24.0 Å². The lowest BCUT2D eigenvalue weighted by Gasteiger charge is -2.14. The summed E-state index contributed by atoms with van der Waals surface area (Å²) in [6, 6.07) is 10.2. The number of imidazole rings is 1. The van der Waals surface area contributed by atoms with Crippen molar-refractivity contribution in [3.05, 3.63) is 64.3 Å². The van der Waals surface area contributed by atoms with E-state index >= 15 is 0 Å². The van der Waals surface area contributed by atoms with Gasteiger partial charge in [0.2, 0.25) is 5.82 Å². The fourth-order valence-electron chi connectivity index (χ4n) is 4.08. The number of aryl methyl sites for hydroxylation is 1. The van der Waals surface area contributed by atoms with Gasteiger partial charge in [-0.3, -0.25) is 9.36 Å². The molecule has 1 aromatic carbocycles. The number of hydrogen-bond acceptors (Lipinski definition) is 7. The first-order chi connectivity index (χ1) is 16.1. The number of rotatable bonds is 7. The fraction of sp³-hybridized carbons (Fsp3) is 0.174. The monoisotopic (exact) mass is 506 g/mol. The molecule has 0 radical (unpaired) electrons. The van der Waals surface area contributed by atoms with Gasteiger partial charge >= 0.3 is 0 Å². The van der Waals surface area contributed by atoms with E-state index in [9.17, 15) is 4.79 Å². The molecule has 3 heterocycles. The van der Waals surface area contributed by atoms with Gasteiger partial charge in [0.15, 0.2) is 6.29 Å². The Morgan fingerprint density at radius 1 is 1.18 bits per heavy atom. The van der Waals surface area contributed by atoms with Gasteiger partial charge in [-0.25, -0.2) is 0 Å². The smallest absolute Gasteiger partial charge is 0.297 e. The van der Waals surface area contributed by atoms with E-state index in [1.807, 2.05) is 37.3 Å². The molecular weight excluding hydrogens is 488 g/mol. The van der Waals surface area contributed by atoms with Crippen molar-refractivity contribution in [3.8, 4) is 39.7 Å². The Kier molecular flexibility index (Phi) is 5.51. The first kappa shape index (κ1) is 21.1. The number of hydrogen-bond donors (Lipinski definition) is 1. The molecular formula is C23H19BrN6O3. The van der Waals surface area contributed by atoms with Crippen molar-refractivity contribution in [2.75, 3.05) is 6.61 Å². The van der Waals surface area contributed by atoms with Crippen molar-refractivity contribution in [1.29, 1.82) is 0 Å². The summed E-state index contributed by atoms with van der Waals surface area (Å²) in [5.41, 5.74) is 6.64. The van der Waals surface area contributed by atoms with E-state index in [1.165, 1.54) is 0 Å². The second-order valence-corrected chi connectivity index (χ2v) is 8.13. The number of fused-ring (bicyclic) bond motifs is 1. The summed E-state index contributed by atoms with van der Waals surface area (Å²) < 4.78 is 13.9. The number of aromatic amines is 1. The first-order valence-corrected chi connectivity index (χ1v) is 11.1. The number of nitrogens with zero attached hydrogens (tertiary/aromatic N) is 5. The predicted molar refractivity (Wildman–Crippen MR) is 124 cm³/mol. The number of benzene rings is 1. The Bertz CT molecular complexity index is 1410. The van der Waals surface area contributed by atoms with Gasteiger partial charge in [0.1, 0.15) is 5.69 Å². The number of aromatic nitrogens is 6. The number of tetrazole rings is 1. The van der Waals surface area contributed by atoms with Crippen molar-refractivity contribution in [2.45, 2.75) is 20.4 Å². The topological polar surface area (TPSA) is 112 Å². The molecule has 0 atom stereocenters. The minimum atomic E-state index is 0.367. The summed E-state index contributed by atoms with van der Waals surface area (Å²) in [6.45, 7) is 4.49. The predicted octanol–water partition coefficient (Wildman–Crippen LogP) is 4.76. The summed E-state index contributed by atoms with van der Waals surface area (Å²) >= 11 is 3.79. The molecule has 0 bridgehead atoms. The number of nitrogens with one attached hydrogen (secondary N) is 1. The lowest BCUT2D eigenvalue weighted by molar-refractivity contribution is 0.111. The van der Waals surface area contributed by atoms with Crippen molar-refractivity contribution in [2.24, 2.45) is 0 Å². The molecule has 166 valence electrons. The number of halogens is 1. The average Bonchev–Trinajstić information content (AvgIpc) is 3.53. The summed E-state index contributed by atoms with van der Waals surface area (Å²) in [5, 5.41) is 14.6. The Hall–Kier alpha value is -3.79. The van der Waals surface area contributed by atoms with Gasteiger partial charge in [0.05, 0.1) is 31.4 Å². The van der Waals surface area contributed by atoms with Gasteiger partial charge in [0.25, 0.3) is 6.01 Å². The lowest BCUT2D eigenvalue weighted by atomic mass is 9.97. The van der Waals surface area contributed by atoms with Gasteiger partial charge in [-0.15, -0.1) is 10.2 Å². The number of carbonyl (C=O) groups is 1. The van der Waals surface area contributed by atoms with E-state index in [0.717, 1.165) is 44.1 Å². The van der Waals surface area contributed by atoms with Gasteiger partial charge in [-0.1, -0.05) is 24.3 Å². The van der Waals surface area contributed by atoms with Crippen LogP contribution in [0.2, 0.25) is 0 Å². The SMILES string of the molecule is CCOc1nc(C)c(C=O)n1Cc1c2ccocc-2c(Br)c1-c1ccccc1-c1nn[nH]n1. The second kappa shape index (κ2) is 8.62. The summed E-state index contributed by atoms with van der Waals surface area (Å²) in [4.78, 5) is 16.4. The van der Waals surface area contributed by atoms with Crippen LogP contribution in [0.15, 0.2) is 51.7 Å². The minimum Gasteiger partial charge on any atom is -0.472 e. The number of ether oxygens (including phenoxy) is 1. The summed E-state index contributed by atoms with van der Waals surface area (Å²) in [5.74, 6) is 0.487. The van der Waals surface area contributed by atoms with Crippen LogP contribution in [0, 0.1) is 6.92 Å². The number of aldehydes is 1. The van der Waals surface area contributed by atoms with Crippen LogP contribution in [-0.4, -0.2) is 43.1 Å². The normalized spacial score (nSPS) is 11.2. The zero-order valence-electron chi connectivity index (χ0n) is 17.9. The van der Waals surface area contributed by atoms with Crippen molar-refractivity contribution < 1.29 is 13.9 Å². The molecule has 0 saturated carbocycles. The maximum Gasteiger partial charge on any atom is 0.297 e. The van der Waals surface area contributed by atoms with Gasteiger partial charge in [-0.05, 0) is 57.7 Å². The van der Waals surface area contributed by atoms with E-state index in [2.05, 4.69) is 41.5 Å². The van der Waals surface area contributed by atoms with Crippen LogP contribution < -0.4 is 4.74 Å². The van der Waals surface area contributed by atoms with Crippen LogP contribution >= 0.6 is 15.9 Å². The molecule has 2 aliphatic rings. The Labute approximate surface area is 197 Å². The average molecular weight is 507 g/mol. The molecule has 1 N–H and O–H groups in total. The van der Waals surface area contributed by atoms with Crippen LogP contribution in [-0.2, 0) is 6.54 Å². The Morgan fingerprint density at radius 2 is 2.00 bits per heavy atom. The zero-order chi connectivity index (χ0) is 22.9. The first-order valence-electron chi connectivity index (χ1n) is 10.3. The molecule has 1 aliphatic carbocycles. The standard InChI is InChI=1S/C23H19BrN6O3/c1-3-33-23-25-13(2)19(11-31)30(23)10-17-14-8-9-32-12-18(14)21(24)20(17)15-6-4-5-7-16(15)22-26-28-29-27-22/h4-9,11-12H,3,10H2,1-2H3,(H,26,27,28,29). The maximum absolute atomic E-state index is 11.9. The number of carbonyl (C=O) groups excluding carboxylic acids is 1. The Morgan fingerprint density at radius 3 is 2.73 bits per heavy atom. The summed E-state index contributed by atoms with van der Waals surface area (Å²) in [6.07, 6.45) is 4.15. The molecule has 3 aromatic rings. The van der Waals surface area contributed by atoms with Gasteiger partial charge < -0.3 is 9.15 Å². The molecule has 0 saturated heterocycles. The highest BCUT2D eigenvalue weighted by atomic mass is 79.9. The third-order valence-corrected chi connectivity index (χ3v) is 6.34. The van der Waals surface area contributed by atoms with Crippen LogP contribution in [0.4, 0.5) is 0 Å². The largest absolute Gasteiger partial charge is 0.472 e. The van der Waals surface area contributed by atoms with Crippen molar-refractivity contribution in [1.82, 2.24) is 30.2 Å². The van der Waals surface area contributed by atoms with Crippen molar-refractivity contribution in [3.63, 3.8) is 0 Å². The molecule has 5 rings (SSSR count). The van der Waals surface area contributed by atoms with Gasteiger partial charge in [0, 0.05) is 21.2 Å². The molecule has 0 amide bonds.